The van der Waals surface area contributed by atoms with Crippen LogP contribution in [0.1, 0.15) is 34.3 Å². The Morgan fingerprint density at radius 1 is 0.867 bits per heavy atom. The molecule has 0 amide bonds. The molecule has 0 bridgehead atoms. The summed E-state index contributed by atoms with van der Waals surface area (Å²) in [7, 11) is 0.816. The molecule has 0 heterocycles. The Morgan fingerprint density at radius 3 is 1.87 bits per heavy atom. The zero-order valence-corrected chi connectivity index (χ0v) is 20.2. The van der Waals surface area contributed by atoms with E-state index in [1.807, 2.05) is 103 Å². The number of nitrogens with one attached hydrogen (secondary N) is 1. The van der Waals surface area contributed by atoms with Gasteiger partial charge in [-0.1, -0.05) is 96.1 Å². The van der Waals surface area contributed by atoms with Gasteiger partial charge in [-0.05, 0) is 18.1 Å². The van der Waals surface area contributed by atoms with Gasteiger partial charge in [0.15, 0.2) is 0 Å². The molecule has 1 N–H and O–H groups in total. The molecular weight excluding hydrogens is 505 g/mol. The van der Waals surface area contributed by atoms with Crippen molar-refractivity contribution in [2.45, 2.75) is 24.8 Å². The van der Waals surface area contributed by atoms with Gasteiger partial charge in [0.05, 0.1) is 15.8 Å². The first kappa shape index (κ1) is 26.5. The topological polar surface area (TPSA) is 72.0 Å². The van der Waals surface area contributed by atoms with Crippen LogP contribution >= 0.6 is 9.69 Å². The molecule has 160 valence electrons. The molecular formula is C23H25ClN2O2RuS. The predicted molar refractivity (Wildman–Crippen MR) is 122 cm³/mol. The van der Waals surface area contributed by atoms with E-state index in [1.165, 1.54) is 0 Å². The summed E-state index contributed by atoms with van der Waals surface area (Å²) in [5, 5.41) is 0. The molecule has 0 aromatic heterocycles. The van der Waals surface area contributed by atoms with Crippen LogP contribution in [-0.4, -0.2) is 8.42 Å². The second-order valence-electron chi connectivity index (χ2n) is 6.50. The first-order valence-electron chi connectivity index (χ1n) is 8.90. The number of halogens is 1. The maximum absolute atomic E-state index is 12.8. The van der Waals surface area contributed by atoms with Gasteiger partial charge in [-0.2, -0.15) is 0 Å². The standard InChI is InChI=1S/C22H22N2O2S.CH3.ClH.Ru/c1-17-10-8-9-15-20(17)16-27(25,26)24-22(19-13-6-3-7-14-19)21(23)18-11-4-2-5-12-18;;;/h2-15,21-23H,16H2,1H3;1H3;1H;/q-2;-1;;+4/p-1. The number of sulfonamides is 1. The van der Waals surface area contributed by atoms with Gasteiger partial charge in [0.1, 0.15) is 0 Å². The molecule has 0 saturated carbocycles. The Bertz CT molecular complexity index is 986. The van der Waals surface area contributed by atoms with Crippen LogP contribution in [0.25, 0.3) is 10.5 Å². The number of hydrogen-bond donors (Lipinski definition) is 0. The molecule has 0 aliphatic rings. The van der Waals surface area contributed by atoms with Gasteiger partial charge in [-0.25, -0.2) is 8.42 Å². The molecule has 0 saturated heterocycles. The van der Waals surface area contributed by atoms with E-state index in [0.29, 0.717) is 0 Å². The minimum atomic E-state index is -3.75. The molecule has 0 aliphatic carbocycles. The van der Waals surface area contributed by atoms with Crippen LogP contribution in [0.5, 0.6) is 0 Å². The summed E-state index contributed by atoms with van der Waals surface area (Å²) in [6.45, 7) is 1.89. The Morgan fingerprint density at radius 2 is 1.33 bits per heavy atom. The Labute approximate surface area is 194 Å². The van der Waals surface area contributed by atoms with Crippen LogP contribution in [0.15, 0.2) is 84.9 Å². The molecule has 0 aliphatic heterocycles. The molecule has 3 aromatic carbocycles. The molecule has 30 heavy (non-hydrogen) atoms. The van der Waals surface area contributed by atoms with Crippen molar-refractivity contribution in [2.75, 3.05) is 0 Å². The van der Waals surface area contributed by atoms with Crippen LogP contribution < -0.4 is 0 Å². The normalized spacial score (nSPS) is 12.6. The van der Waals surface area contributed by atoms with Crippen LogP contribution in [0.3, 0.4) is 0 Å². The SMILES string of the molecule is Cc1ccccc1CS(=O)(=O)[N-]C(c1ccccc1)C([NH-])c1ccccc1.[CH3-].[Cl][Ru+3]. The first-order valence-corrected chi connectivity index (χ1v) is 12.7. The van der Waals surface area contributed by atoms with Crippen molar-refractivity contribution in [3.63, 3.8) is 0 Å². The van der Waals surface area contributed by atoms with Crippen LogP contribution in [-0.2, 0) is 33.1 Å². The second kappa shape index (κ2) is 13.0. The van der Waals surface area contributed by atoms with E-state index in [1.54, 1.807) is 6.07 Å². The van der Waals surface area contributed by atoms with Crippen LogP contribution in [0, 0.1) is 14.4 Å². The summed E-state index contributed by atoms with van der Waals surface area (Å²) in [4.78, 5) is 0. The summed E-state index contributed by atoms with van der Waals surface area (Å²) < 4.78 is 29.8. The first-order chi connectivity index (χ1) is 14.0. The van der Waals surface area contributed by atoms with Gasteiger partial charge in [0.2, 0.25) is 0 Å². The Kier molecular flexibility index (Phi) is 11.5. The fraction of sp³-hybridized carbons (Fsp3) is 0.174. The molecule has 4 nitrogen and oxygen atoms in total. The monoisotopic (exact) mass is 530 g/mol. The number of hydrogen-bond acceptors (Lipinski definition) is 2. The third-order valence-corrected chi connectivity index (χ3v) is 5.71. The Balaban J connectivity index is 0.00000146. The van der Waals surface area contributed by atoms with Crippen molar-refractivity contribution in [3.8, 4) is 0 Å². The van der Waals surface area contributed by atoms with Crippen molar-refractivity contribution < 1.29 is 25.7 Å². The van der Waals surface area contributed by atoms with Crippen molar-refractivity contribution >= 4 is 19.7 Å². The minimum absolute atomic E-state index is 0. The summed E-state index contributed by atoms with van der Waals surface area (Å²) in [5.74, 6) is -0.162. The fourth-order valence-corrected chi connectivity index (χ4v) is 4.37. The van der Waals surface area contributed by atoms with Gasteiger partial charge in [-0.3, -0.25) is 0 Å². The van der Waals surface area contributed by atoms with Crippen molar-refractivity contribution in [1.29, 1.82) is 0 Å². The number of rotatable bonds is 7. The summed E-state index contributed by atoms with van der Waals surface area (Å²) in [5.41, 5.74) is 11.8. The number of aryl methyl sites for hydroxylation is 1. The zero-order valence-electron chi connectivity index (χ0n) is 16.8. The molecule has 2 atom stereocenters. The molecule has 3 aromatic rings. The molecule has 0 fully saturated rings. The van der Waals surface area contributed by atoms with Gasteiger partial charge in [0, 0.05) is 0 Å². The second-order valence-corrected chi connectivity index (χ2v) is 8.17. The van der Waals surface area contributed by atoms with Crippen molar-refractivity contribution in [1.82, 2.24) is 0 Å². The molecule has 3 rings (SSSR count). The van der Waals surface area contributed by atoms with Gasteiger partial charge >= 0.3 is 27.0 Å². The van der Waals surface area contributed by atoms with Crippen LogP contribution in [0.4, 0.5) is 0 Å². The van der Waals surface area contributed by atoms with E-state index in [0.717, 1.165) is 22.3 Å². The van der Waals surface area contributed by atoms with E-state index in [4.69, 9.17) is 5.73 Å². The summed E-state index contributed by atoms with van der Waals surface area (Å²) in [6.07, 6.45) is 0. The summed E-state index contributed by atoms with van der Waals surface area (Å²) in [6, 6.07) is 24.2. The molecule has 0 spiro atoms. The predicted octanol–water partition coefficient (Wildman–Crippen LogP) is 6.87. The average molecular weight is 530 g/mol. The fourth-order valence-electron chi connectivity index (χ4n) is 2.99. The number of nitrogens with zero attached hydrogens (tertiary/aromatic N) is 1. The third kappa shape index (κ3) is 7.61. The van der Waals surface area contributed by atoms with E-state index >= 15 is 0 Å². The third-order valence-electron chi connectivity index (χ3n) is 4.49. The van der Waals surface area contributed by atoms with Crippen molar-refractivity contribution in [3.05, 3.63) is 125 Å². The molecule has 7 heteroatoms. The van der Waals surface area contributed by atoms with Gasteiger partial charge < -0.3 is 17.9 Å². The van der Waals surface area contributed by atoms with Gasteiger partial charge in [0.25, 0.3) is 0 Å². The average Bonchev–Trinajstić information content (AvgIpc) is 2.76. The van der Waals surface area contributed by atoms with E-state index in [9.17, 15) is 8.42 Å². The van der Waals surface area contributed by atoms with Crippen molar-refractivity contribution in [2.24, 2.45) is 0 Å². The van der Waals surface area contributed by atoms with Gasteiger partial charge in [-0.15, -0.1) is 12.1 Å². The zero-order chi connectivity index (χ0) is 21.3. The molecule has 2 unspecified atom stereocenters. The van der Waals surface area contributed by atoms with E-state index in [-0.39, 0.29) is 13.2 Å². The maximum atomic E-state index is 12.8. The van der Waals surface area contributed by atoms with E-state index < -0.39 is 22.1 Å². The quantitative estimate of drug-likeness (QED) is 0.247. The van der Waals surface area contributed by atoms with Crippen LogP contribution in [0.2, 0.25) is 0 Å². The number of benzene rings is 3. The van der Waals surface area contributed by atoms with E-state index in [2.05, 4.69) is 14.4 Å². The molecule has 0 radical (unpaired) electrons. The summed E-state index contributed by atoms with van der Waals surface area (Å²) >= 11 is 1.82. The Hall–Kier alpha value is -1.56.